The standard InChI is InChI=1S/C17H21FO2/c1-9(2)12-6-5-10(3)7-13(12)15-14(19)8-11(4)16(18)17(15)20/h7-8,12-13,19-20H,1,5-6H2,2-4H3. The lowest BCUT2D eigenvalue weighted by atomic mass is 9.73. The largest absolute Gasteiger partial charge is 0.507 e. The van der Waals surface area contributed by atoms with Crippen LogP contribution in [0, 0.1) is 18.7 Å². The lowest BCUT2D eigenvalue weighted by Gasteiger charge is -2.31. The number of hydrogen-bond acceptors (Lipinski definition) is 2. The highest BCUT2D eigenvalue weighted by Gasteiger charge is 2.31. The molecule has 2 N–H and O–H groups in total. The minimum Gasteiger partial charge on any atom is -0.507 e. The molecule has 0 bridgehead atoms. The Morgan fingerprint density at radius 2 is 2.00 bits per heavy atom. The number of phenolic OH excluding ortho intramolecular Hbond substituents is 2. The molecule has 0 spiro atoms. The van der Waals surface area contributed by atoms with Gasteiger partial charge in [0, 0.05) is 11.5 Å². The topological polar surface area (TPSA) is 40.5 Å². The minimum absolute atomic E-state index is 0.0522. The van der Waals surface area contributed by atoms with Crippen LogP contribution < -0.4 is 0 Å². The van der Waals surface area contributed by atoms with Crippen LogP contribution in [-0.4, -0.2) is 10.2 Å². The van der Waals surface area contributed by atoms with Crippen molar-refractivity contribution in [3.8, 4) is 11.5 Å². The first-order valence-electron chi connectivity index (χ1n) is 6.86. The first kappa shape index (κ1) is 14.6. The van der Waals surface area contributed by atoms with Crippen LogP contribution in [0.25, 0.3) is 0 Å². The van der Waals surface area contributed by atoms with E-state index >= 15 is 0 Å². The molecular formula is C17H21FO2. The fraction of sp³-hybridized carbons (Fsp3) is 0.412. The summed E-state index contributed by atoms with van der Waals surface area (Å²) < 4.78 is 13.9. The third-order valence-corrected chi connectivity index (χ3v) is 4.15. The number of rotatable bonds is 2. The van der Waals surface area contributed by atoms with Gasteiger partial charge in [0.2, 0.25) is 0 Å². The summed E-state index contributed by atoms with van der Waals surface area (Å²) in [7, 11) is 0. The second kappa shape index (κ2) is 5.31. The van der Waals surface area contributed by atoms with Crippen molar-refractivity contribution < 1.29 is 14.6 Å². The van der Waals surface area contributed by atoms with Gasteiger partial charge >= 0.3 is 0 Å². The molecule has 2 nitrogen and oxygen atoms in total. The van der Waals surface area contributed by atoms with Crippen LogP contribution in [0.15, 0.2) is 29.9 Å². The van der Waals surface area contributed by atoms with E-state index in [-0.39, 0.29) is 28.7 Å². The van der Waals surface area contributed by atoms with Gasteiger partial charge in [0.25, 0.3) is 0 Å². The summed E-state index contributed by atoms with van der Waals surface area (Å²) in [4.78, 5) is 0. The van der Waals surface area contributed by atoms with Gasteiger partial charge in [0.05, 0.1) is 0 Å². The second-order valence-corrected chi connectivity index (χ2v) is 5.82. The van der Waals surface area contributed by atoms with Crippen LogP contribution in [0.1, 0.15) is 43.7 Å². The third kappa shape index (κ3) is 2.45. The average molecular weight is 276 g/mol. The predicted octanol–water partition coefficient (Wildman–Crippen LogP) is 4.56. The Bertz CT molecular complexity index is 587. The van der Waals surface area contributed by atoms with Gasteiger partial charge < -0.3 is 10.2 Å². The normalized spacial score (nSPS) is 22.5. The van der Waals surface area contributed by atoms with Crippen molar-refractivity contribution in [3.63, 3.8) is 0 Å². The van der Waals surface area contributed by atoms with Gasteiger partial charge in [-0.15, -0.1) is 0 Å². The number of allylic oxidation sites excluding steroid dienone is 3. The van der Waals surface area contributed by atoms with E-state index in [9.17, 15) is 14.6 Å². The first-order chi connectivity index (χ1) is 9.32. The maximum absolute atomic E-state index is 13.9. The van der Waals surface area contributed by atoms with Crippen molar-refractivity contribution in [2.75, 3.05) is 0 Å². The van der Waals surface area contributed by atoms with Crippen molar-refractivity contribution in [1.29, 1.82) is 0 Å². The van der Waals surface area contributed by atoms with E-state index in [0.717, 1.165) is 18.4 Å². The monoisotopic (exact) mass is 276 g/mol. The number of aryl methyl sites for hydroxylation is 1. The van der Waals surface area contributed by atoms with Gasteiger partial charge in [0.15, 0.2) is 11.6 Å². The highest BCUT2D eigenvalue weighted by Crippen LogP contribution is 2.47. The fourth-order valence-corrected chi connectivity index (χ4v) is 3.01. The summed E-state index contributed by atoms with van der Waals surface area (Å²) in [6.45, 7) is 9.47. The van der Waals surface area contributed by atoms with Crippen molar-refractivity contribution in [3.05, 3.63) is 46.8 Å². The number of halogens is 1. The van der Waals surface area contributed by atoms with Crippen molar-refractivity contribution in [2.24, 2.45) is 5.92 Å². The number of benzene rings is 1. The molecule has 0 aliphatic heterocycles. The van der Waals surface area contributed by atoms with Crippen LogP contribution >= 0.6 is 0 Å². The van der Waals surface area contributed by atoms with Crippen molar-refractivity contribution >= 4 is 0 Å². The molecule has 0 aromatic heterocycles. The molecule has 1 aliphatic rings. The summed E-state index contributed by atoms with van der Waals surface area (Å²) in [5, 5.41) is 20.3. The van der Waals surface area contributed by atoms with Crippen molar-refractivity contribution in [2.45, 2.75) is 39.5 Å². The van der Waals surface area contributed by atoms with E-state index in [0.29, 0.717) is 0 Å². The molecule has 2 atom stereocenters. The molecule has 1 aliphatic carbocycles. The van der Waals surface area contributed by atoms with Gasteiger partial charge in [-0.25, -0.2) is 4.39 Å². The van der Waals surface area contributed by atoms with E-state index < -0.39 is 11.6 Å². The number of hydrogen-bond donors (Lipinski definition) is 2. The van der Waals surface area contributed by atoms with E-state index in [2.05, 4.69) is 6.58 Å². The Hall–Kier alpha value is -1.77. The molecular weight excluding hydrogens is 255 g/mol. The van der Waals surface area contributed by atoms with Gasteiger partial charge in [-0.1, -0.05) is 23.8 Å². The quantitative estimate of drug-likeness (QED) is 0.777. The molecule has 0 fully saturated rings. The molecule has 2 rings (SSSR count). The zero-order valence-corrected chi connectivity index (χ0v) is 12.2. The molecule has 0 heterocycles. The lowest BCUT2D eigenvalue weighted by Crippen LogP contribution is -2.17. The van der Waals surface area contributed by atoms with Gasteiger partial charge in [-0.05, 0) is 51.2 Å². The summed E-state index contributed by atoms with van der Waals surface area (Å²) >= 11 is 0. The predicted molar refractivity (Wildman–Crippen MR) is 78.5 cm³/mol. The molecule has 108 valence electrons. The smallest absolute Gasteiger partial charge is 0.168 e. The van der Waals surface area contributed by atoms with Crippen LogP contribution in [0.3, 0.4) is 0 Å². The molecule has 1 aromatic rings. The molecule has 20 heavy (non-hydrogen) atoms. The first-order valence-corrected chi connectivity index (χ1v) is 6.86. The van der Waals surface area contributed by atoms with E-state index in [1.165, 1.54) is 18.6 Å². The maximum atomic E-state index is 13.9. The van der Waals surface area contributed by atoms with Gasteiger partial charge in [-0.2, -0.15) is 0 Å². The maximum Gasteiger partial charge on any atom is 0.168 e. The minimum atomic E-state index is -0.658. The summed E-state index contributed by atoms with van der Waals surface area (Å²) in [5.41, 5.74) is 2.69. The van der Waals surface area contributed by atoms with Crippen LogP contribution in [0.4, 0.5) is 4.39 Å². The summed E-state index contributed by atoms with van der Waals surface area (Å²) in [6, 6.07) is 1.37. The van der Waals surface area contributed by atoms with Gasteiger partial charge in [0.1, 0.15) is 5.75 Å². The third-order valence-electron chi connectivity index (χ3n) is 4.15. The van der Waals surface area contributed by atoms with Crippen molar-refractivity contribution in [1.82, 2.24) is 0 Å². The Kier molecular flexibility index (Phi) is 3.89. The highest BCUT2D eigenvalue weighted by molar-refractivity contribution is 5.52. The Morgan fingerprint density at radius 3 is 2.60 bits per heavy atom. The van der Waals surface area contributed by atoms with Crippen LogP contribution in [0.2, 0.25) is 0 Å². The van der Waals surface area contributed by atoms with Crippen LogP contribution in [-0.2, 0) is 0 Å². The fourth-order valence-electron chi connectivity index (χ4n) is 3.01. The van der Waals surface area contributed by atoms with E-state index in [4.69, 9.17) is 0 Å². The molecule has 3 heteroatoms. The summed E-state index contributed by atoms with van der Waals surface area (Å²) in [5.74, 6) is -1.27. The molecule has 1 aromatic carbocycles. The average Bonchev–Trinajstić information content (AvgIpc) is 2.36. The second-order valence-electron chi connectivity index (χ2n) is 5.82. The van der Waals surface area contributed by atoms with Gasteiger partial charge in [-0.3, -0.25) is 0 Å². The van der Waals surface area contributed by atoms with E-state index in [1.807, 2.05) is 19.9 Å². The Balaban J connectivity index is 2.61. The zero-order valence-electron chi connectivity index (χ0n) is 12.2. The molecule has 0 saturated heterocycles. The molecule has 0 amide bonds. The van der Waals surface area contributed by atoms with E-state index in [1.54, 1.807) is 0 Å². The highest BCUT2D eigenvalue weighted by atomic mass is 19.1. The SMILES string of the molecule is C=C(C)C1CCC(C)=CC1c1c(O)cc(C)c(F)c1O. The number of aromatic hydroxyl groups is 2. The molecule has 0 saturated carbocycles. The Labute approximate surface area is 119 Å². The summed E-state index contributed by atoms with van der Waals surface area (Å²) in [6.07, 6.45) is 3.87. The van der Waals surface area contributed by atoms with Crippen LogP contribution in [0.5, 0.6) is 11.5 Å². The number of phenols is 2. The molecule has 0 radical (unpaired) electrons. The molecule has 2 unspecified atom stereocenters. The lowest BCUT2D eigenvalue weighted by molar-refractivity contribution is 0.384. The zero-order chi connectivity index (χ0) is 15.0. The Morgan fingerprint density at radius 1 is 1.35 bits per heavy atom.